The maximum atomic E-state index is 13.6. The van der Waals surface area contributed by atoms with Gasteiger partial charge in [-0.3, -0.25) is 0 Å². The molecule has 0 unspecified atom stereocenters. The van der Waals surface area contributed by atoms with E-state index in [2.05, 4.69) is 0 Å². The molecule has 0 aromatic heterocycles. The van der Waals surface area contributed by atoms with Crippen molar-refractivity contribution in [2.45, 2.75) is 18.7 Å². The average Bonchev–Trinajstić information content (AvgIpc) is 2.38. The van der Waals surface area contributed by atoms with E-state index >= 15 is 0 Å². The Morgan fingerprint density at radius 2 is 2.12 bits per heavy atom. The van der Waals surface area contributed by atoms with E-state index in [1.807, 2.05) is 0 Å². The summed E-state index contributed by atoms with van der Waals surface area (Å²) in [6.45, 7) is 2.08. The zero-order chi connectivity index (χ0) is 12.1. The van der Waals surface area contributed by atoms with Crippen LogP contribution in [0.25, 0.3) is 0 Å². The second kappa shape index (κ2) is 6.22. The molecule has 0 radical (unpaired) electrons. The molecule has 4 heteroatoms. The van der Waals surface area contributed by atoms with Crippen LogP contribution in [0, 0.1) is 11.7 Å². The van der Waals surface area contributed by atoms with Crippen molar-refractivity contribution in [3.05, 3.63) is 29.6 Å². The van der Waals surface area contributed by atoms with Gasteiger partial charge < -0.3 is 9.47 Å². The van der Waals surface area contributed by atoms with Crippen LogP contribution in [0.1, 0.15) is 18.4 Å². The molecule has 1 aliphatic heterocycles. The van der Waals surface area contributed by atoms with Crippen molar-refractivity contribution in [3.8, 4) is 5.75 Å². The molecule has 0 saturated carbocycles. The summed E-state index contributed by atoms with van der Waals surface area (Å²) in [5.41, 5.74) is 0.707. The molecule has 0 aliphatic carbocycles. The van der Waals surface area contributed by atoms with E-state index in [9.17, 15) is 4.39 Å². The lowest BCUT2D eigenvalue weighted by atomic mass is 10.0. The molecule has 0 bridgehead atoms. The molecule has 94 valence electrons. The van der Waals surface area contributed by atoms with Crippen LogP contribution in [0.5, 0.6) is 5.75 Å². The molecule has 0 spiro atoms. The molecule has 0 N–H and O–H groups in total. The maximum absolute atomic E-state index is 13.6. The zero-order valence-corrected chi connectivity index (χ0v) is 10.4. The zero-order valence-electron chi connectivity index (χ0n) is 9.62. The Balaban J connectivity index is 1.97. The lowest BCUT2D eigenvalue weighted by Gasteiger charge is -2.22. The second-order valence-electron chi connectivity index (χ2n) is 4.23. The Hall–Kier alpha value is -0.800. The van der Waals surface area contributed by atoms with Crippen LogP contribution in [-0.2, 0) is 10.6 Å². The van der Waals surface area contributed by atoms with Crippen LogP contribution >= 0.6 is 11.6 Å². The molecule has 1 fully saturated rings. The van der Waals surface area contributed by atoms with E-state index < -0.39 is 0 Å². The number of ether oxygens (including phenoxy) is 2. The lowest BCUT2D eigenvalue weighted by molar-refractivity contribution is 0.0490. The van der Waals surface area contributed by atoms with Gasteiger partial charge in [0.05, 0.1) is 12.5 Å². The number of rotatable bonds is 4. The molecule has 1 heterocycles. The molecule has 0 amide bonds. The summed E-state index contributed by atoms with van der Waals surface area (Å²) in [7, 11) is 0. The quantitative estimate of drug-likeness (QED) is 0.771. The van der Waals surface area contributed by atoms with Gasteiger partial charge in [-0.05, 0) is 24.8 Å². The Morgan fingerprint density at radius 1 is 1.35 bits per heavy atom. The Kier molecular flexibility index (Phi) is 4.63. The summed E-state index contributed by atoms with van der Waals surface area (Å²) in [6, 6.07) is 4.83. The van der Waals surface area contributed by atoms with Gasteiger partial charge in [0.1, 0.15) is 0 Å². The summed E-state index contributed by atoms with van der Waals surface area (Å²) in [4.78, 5) is 0. The van der Waals surface area contributed by atoms with Gasteiger partial charge in [0.2, 0.25) is 0 Å². The Bertz CT molecular complexity index is 364. The van der Waals surface area contributed by atoms with Crippen LogP contribution in [0.3, 0.4) is 0 Å². The van der Waals surface area contributed by atoms with Gasteiger partial charge in [0.15, 0.2) is 11.6 Å². The van der Waals surface area contributed by atoms with Gasteiger partial charge in [-0.25, -0.2) is 4.39 Å². The first-order valence-electron chi connectivity index (χ1n) is 5.85. The second-order valence-corrected chi connectivity index (χ2v) is 4.50. The number of halogens is 2. The van der Waals surface area contributed by atoms with Crippen molar-refractivity contribution in [2.75, 3.05) is 19.8 Å². The van der Waals surface area contributed by atoms with Crippen molar-refractivity contribution < 1.29 is 13.9 Å². The minimum absolute atomic E-state index is 0.265. The SMILES string of the molecule is Fc1cccc(CCl)c1OCC1CCOCC1. The lowest BCUT2D eigenvalue weighted by Crippen LogP contribution is -2.22. The summed E-state index contributed by atoms with van der Waals surface area (Å²) in [6.07, 6.45) is 1.95. The molecule has 2 nitrogen and oxygen atoms in total. The van der Waals surface area contributed by atoms with Crippen molar-refractivity contribution in [1.82, 2.24) is 0 Å². The predicted octanol–water partition coefficient (Wildman–Crippen LogP) is 3.37. The van der Waals surface area contributed by atoms with E-state index in [0.29, 0.717) is 23.8 Å². The fourth-order valence-corrected chi connectivity index (χ4v) is 2.15. The third-order valence-corrected chi connectivity index (χ3v) is 3.28. The van der Waals surface area contributed by atoms with Gasteiger partial charge in [-0.1, -0.05) is 12.1 Å². The first kappa shape index (κ1) is 12.7. The van der Waals surface area contributed by atoms with E-state index in [4.69, 9.17) is 21.1 Å². The number of alkyl halides is 1. The van der Waals surface area contributed by atoms with E-state index in [1.165, 1.54) is 6.07 Å². The van der Waals surface area contributed by atoms with Gasteiger partial charge >= 0.3 is 0 Å². The van der Waals surface area contributed by atoms with Gasteiger partial charge in [-0.15, -0.1) is 11.6 Å². The minimum atomic E-state index is -0.338. The highest BCUT2D eigenvalue weighted by molar-refractivity contribution is 6.17. The van der Waals surface area contributed by atoms with E-state index in [1.54, 1.807) is 12.1 Å². The first-order chi connectivity index (χ1) is 8.31. The van der Waals surface area contributed by atoms with E-state index in [-0.39, 0.29) is 11.7 Å². The number of hydrogen-bond acceptors (Lipinski definition) is 2. The predicted molar refractivity (Wildman–Crippen MR) is 65.0 cm³/mol. The van der Waals surface area contributed by atoms with Crippen LogP contribution in [0.15, 0.2) is 18.2 Å². The largest absolute Gasteiger partial charge is 0.490 e. The monoisotopic (exact) mass is 258 g/mol. The third kappa shape index (κ3) is 3.33. The van der Waals surface area contributed by atoms with Crippen LogP contribution in [0.4, 0.5) is 4.39 Å². The fourth-order valence-electron chi connectivity index (χ4n) is 1.93. The summed E-state index contributed by atoms with van der Waals surface area (Å²) in [5.74, 6) is 0.677. The standard InChI is InChI=1S/C13H16ClFO2/c14-8-11-2-1-3-12(15)13(11)17-9-10-4-6-16-7-5-10/h1-3,10H,4-9H2. The van der Waals surface area contributed by atoms with Crippen molar-refractivity contribution in [2.24, 2.45) is 5.92 Å². The summed E-state index contributed by atoms with van der Waals surface area (Å²) in [5, 5.41) is 0. The average molecular weight is 259 g/mol. The van der Waals surface area contributed by atoms with Crippen LogP contribution < -0.4 is 4.74 Å². The molecule has 17 heavy (non-hydrogen) atoms. The summed E-state index contributed by atoms with van der Waals surface area (Å²) >= 11 is 5.76. The molecule has 1 aromatic carbocycles. The normalized spacial score (nSPS) is 17.1. The van der Waals surface area contributed by atoms with Gasteiger partial charge in [-0.2, -0.15) is 0 Å². The third-order valence-electron chi connectivity index (χ3n) is 3.00. The first-order valence-corrected chi connectivity index (χ1v) is 6.38. The number of benzene rings is 1. The highest BCUT2D eigenvalue weighted by atomic mass is 35.5. The maximum Gasteiger partial charge on any atom is 0.165 e. The van der Waals surface area contributed by atoms with E-state index in [0.717, 1.165) is 26.1 Å². The summed E-state index contributed by atoms with van der Waals surface area (Å²) < 4.78 is 24.4. The fraction of sp³-hybridized carbons (Fsp3) is 0.538. The Labute approximate surface area is 106 Å². The smallest absolute Gasteiger partial charge is 0.165 e. The minimum Gasteiger partial charge on any atom is -0.490 e. The van der Waals surface area contributed by atoms with Gasteiger partial charge in [0, 0.05) is 18.8 Å². The van der Waals surface area contributed by atoms with Crippen LogP contribution in [0.2, 0.25) is 0 Å². The molecular formula is C13H16ClFO2. The molecular weight excluding hydrogens is 243 g/mol. The van der Waals surface area contributed by atoms with Crippen molar-refractivity contribution in [3.63, 3.8) is 0 Å². The number of hydrogen-bond donors (Lipinski definition) is 0. The highest BCUT2D eigenvalue weighted by Gasteiger charge is 2.16. The van der Waals surface area contributed by atoms with Crippen LogP contribution in [-0.4, -0.2) is 19.8 Å². The van der Waals surface area contributed by atoms with Crippen molar-refractivity contribution in [1.29, 1.82) is 0 Å². The Morgan fingerprint density at radius 3 is 2.82 bits per heavy atom. The molecule has 1 aromatic rings. The van der Waals surface area contributed by atoms with Crippen molar-refractivity contribution >= 4 is 11.6 Å². The topological polar surface area (TPSA) is 18.5 Å². The highest BCUT2D eigenvalue weighted by Crippen LogP contribution is 2.26. The molecule has 1 saturated heterocycles. The number of para-hydroxylation sites is 1. The van der Waals surface area contributed by atoms with Gasteiger partial charge in [0.25, 0.3) is 0 Å². The molecule has 1 aliphatic rings. The molecule has 0 atom stereocenters. The molecule has 2 rings (SSSR count).